The van der Waals surface area contributed by atoms with Gasteiger partial charge in [-0.15, -0.1) is 0 Å². The minimum atomic E-state index is 0.591. The van der Waals surface area contributed by atoms with E-state index in [0.29, 0.717) is 5.16 Å². The zero-order valence-electron chi connectivity index (χ0n) is 8.14. The molecule has 0 N–H and O–H groups in total. The molecule has 0 aliphatic heterocycles. The molecule has 0 aliphatic rings. The molecule has 2 rings (SSSR count). The molecule has 1 heterocycles. The maximum atomic E-state index is 5.05. The van der Waals surface area contributed by atoms with Crippen LogP contribution in [-0.4, -0.2) is 9.78 Å². The van der Waals surface area contributed by atoms with Gasteiger partial charge in [0.25, 0.3) is 0 Å². The van der Waals surface area contributed by atoms with Crippen molar-refractivity contribution < 1.29 is 4.57 Å². The lowest BCUT2D eigenvalue weighted by atomic mass is 10.2. The molecule has 72 valence electrons. The van der Waals surface area contributed by atoms with Crippen molar-refractivity contribution in [3.05, 3.63) is 36.2 Å². The van der Waals surface area contributed by atoms with Crippen molar-refractivity contribution >= 4 is 12.6 Å². The molecule has 0 fully saturated rings. The fourth-order valence-electron chi connectivity index (χ4n) is 1.34. The zero-order valence-corrected chi connectivity index (χ0v) is 8.95. The van der Waals surface area contributed by atoms with E-state index in [2.05, 4.69) is 18.1 Å². The summed E-state index contributed by atoms with van der Waals surface area (Å²) in [5.41, 5.74) is 2.25. The van der Waals surface area contributed by atoms with Gasteiger partial charge in [-0.1, -0.05) is 22.9 Å². The summed E-state index contributed by atoms with van der Waals surface area (Å²) >= 11 is 5.05. The Bertz CT molecular complexity index is 443. The van der Waals surface area contributed by atoms with E-state index in [-0.39, 0.29) is 0 Å². The van der Waals surface area contributed by atoms with Crippen LogP contribution < -0.4 is 4.57 Å². The van der Waals surface area contributed by atoms with E-state index >= 15 is 0 Å². The van der Waals surface area contributed by atoms with Crippen molar-refractivity contribution in [2.24, 2.45) is 7.05 Å². The molecule has 0 aliphatic carbocycles. The van der Waals surface area contributed by atoms with E-state index in [1.807, 2.05) is 36.1 Å². The van der Waals surface area contributed by atoms with Gasteiger partial charge in [0, 0.05) is 5.10 Å². The Balaban J connectivity index is 2.55. The normalized spacial score (nSPS) is 10.4. The smallest absolute Gasteiger partial charge is 0.227 e. The van der Waals surface area contributed by atoms with Crippen LogP contribution in [0.1, 0.15) is 5.56 Å². The molecule has 0 radical (unpaired) electrons. The Morgan fingerprint density at radius 2 is 2.07 bits per heavy atom. The van der Waals surface area contributed by atoms with Crippen molar-refractivity contribution in [1.82, 2.24) is 9.78 Å². The van der Waals surface area contributed by atoms with E-state index in [0.717, 1.165) is 5.69 Å². The number of aromatic nitrogens is 3. The molecule has 1 aromatic carbocycles. The van der Waals surface area contributed by atoms with Gasteiger partial charge in [0.05, 0.1) is 7.05 Å². The maximum Gasteiger partial charge on any atom is 0.227 e. The van der Waals surface area contributed by atoms with Gasteiger partial charge in [-0.2, -0.15) is 0 Å². The van der Waals surface area contributed by atoms with Crippen molar-refractivity contribution in [1.29, 1.82) is 0 Å². The lowest BCUT2D eigenvalue weighted by Crippen LogP contribution is -2.27. The fourth-order valence-corrected chi connectivity index (χ4v) is 1.47. The molecule has 0 bridgehead atoms. The summed E-state index contributed by atoms with van der Waals surface area (Å²) in [4.78, 5) is 0. The minimum absolute atomic E-state index is 0.591. The summed E-state index contributed by atoms with van der Waals surface area (Å²) in [6.07, 6.45) is 1.88. The van der Waals surface area contributed by atoms with E-state index in [4.69, 9.17) is 12.6 Å². The second kappa shape index (κ2) is 3.38. The summed E-state index contributed by atoms with van der Waals surface area (Å²) in [5, 5.41) is 4.83. The highest BCUT2D eigenvalue weighted by Crippen LogP contribution is 2.10. The lowest BCUT2D eigenvalue weighted by Gasteiger charge is -1.96. The first-order valence-electron chi connectivity index (χ1n) is 4.37. The minimum Gasteiger partial charge on any atom is -0.703 e. The highest BCUT2D eigenvalue weighted by atomic mass is 32.1. The third kappa shape index (κ3) is 1.48. The standard InChI is InChI=1S/C10H11N3S/c1-8-5-3-4-6-9(8)13-7-12(2)10(14)11-13/h3-7H,1-2H3. The van der Waals surface area contributed by atoms with Gasteiger partial charge in [-0.3, -0.25) is 4.57 Å². The number of benzene rings is 1. The molecule has 0 saturated heterocycles. The Kier molecular flexibility index (Phi) is 2.21. The van der Waals surface area contributed by atoms with Crippen LogP contribution in [0.15, 0.2) is 35.7 Å². The van der Waals surface area contributed by atoms with Gasteiger partial charge in [0.15, 0.2) is 5.16 Å². The van der Waals surface area contributed by atoms with Gasteiger partial charge in [0.1, 0.15) is 5.69 Å². The summed E-state index contributed by atoms with van der Waals surface area (Å²) in [6.45, 7) is 2.06. The van der Waals surface area contributed by atoms with Gasteiger partial charge in [0.2, 0.25) is 6.33 Å². The average molecular weight is 205 g/mol. The van der Waals surface area contributed by atoms with Gasteiger partial charge in [-0.05, 0) is 18.6 Å². The summed E-state index contributed by atoms with van der Waals surface area (Å²) in [6, 6.07) is 8.08. The Morgan fingerprint density at radius 3 is 2.64 bits per heavy atom. The molecule has 0 saturated carbocycles. The van der Waals surface area contributed by atoms with Crippen LogP contribution in [0, 0.1) is 6.92 Å². The molecule has 4 heteroatoms. The van der Waals surface area contributed by atoms with E-state index < -0.39 is 0 Å². The third-order valence-corrected chi connectivity index (χ3v) is 2.51. The first kappa shape index (κ1) is 9.15. The third-order valence-electron chi connectivity index (χ3n) is 2.14. The quantitative estimate of drug-likeness (QED) is 0.510. The maximum absolute atomic E-state index is 5.05. The van der Waals surface area contributed by atoms with Crippen LogP contribution in [0.5, 0.6) is 0 Å². The molecular weight excluding hydrogens is 194 g/mol. The van der Waals surface area contributed by atoms with Crippen LogP contribution in [0.2, 0.25) is 0 Å². The number of hydrogen-bond donors (Lipinski definition) is 0. The largest absolute Gasteiger partial charge is 0.703 e. The molecule has 2 aromatic rings. The Hall–Kier alpha value is -1.42. The van der Waals surface area contributed by atoms with Crippen molar-refractivity contribution in [3.63, 3.8) is 0 Å². The number of para-hydroxylation sites is 1. The van der Waals surface area contributed by atoms with Crippen molar-refractivity contribution in [2.45, 2.75) is 12.1 Å². The topological polar surface area (TPSA) is 21.7 Å². The first-order chi connectivity index (χ1) is 6.68. The van der Waals surface area contributed by atoms with E-state index in [9.17, 15) is 0 Å². The van der Waals surface area contributed by atoms with Crippen LogP contribution >= 0.6 is 0 Å². The van der Waals surface area contributed by atoms with Crippen LogP contribution in [0.4, 0.5) is 0 Å². The summed E-state index contributed by atoms with van der Waals surface area (Å²) in [5.74, 6) is 0. The Labute approximate surface area is 88.4 Å². The number of rotatable bonds is 1. The van der Waals surface area contributed by atoms with Crippen LogP contribution in [0.3, 0.4) is 0 Å². The monoisotopic (exact) mass is 205 g/mol. The highest BCUT2D eigenvalue weighted by Gasteiger charge is 2.09. The van der Waals surface area contributed by atoms with Crippen LogP contribution in [0.25, 0.3) is 5.69 Å². The highest BCUT2D eigenvalue weighted by molar-refractivity contribution is 7.58. The molecule has 0 unspecified atom stereocenters. The predicted molar refractivity (Wildman–Crippen MR) is 55.1 cm³/mol. The SMILES string of the molecule is Cc1ccccc1-n1c[n+](C)c([S-])n1. The summed E-state index contributed by atoms with van der Waals surface area (Å²) < 4.78 is 3.62. The average Bonchev–Trinajstić information content (AvgIpc) is 2.48. The zero-order chi connectivity index (χ0) is 10.1. The molecular formula is C10H11N3S. The molecule has 14 heavy (non-hydrogen) atoms. The molecule has 1 aromatic heterocycles. The first-order valence-corrected chi connectivity index (χ1v) is 4.77. The summed E-state index contributed by atoms with van der Waals surface area (Å²) in [7, 11) is 1.89. The number of aryl methyl sites for hydroxylation is 2. The number of nitrogens with zero attached hydrogens (tertiary/aromatic N) is 3. The van der Waals surface area contributed by atoms with Crippen molar-refractivity contribution in [3.8, 4) is 5.69 Å². The second-order valence-corrected chi connectivity index (χ2v) is 3.61. The predicted octanol–water partition coefficient (Wildman–Crippen LogP) is 0.911. The molecule has 0 amide bonds. The Morgan fingerprint density at radius 1 is 1.36 bits per heavy atom. The van der Waals surface area contributed by atoms with Crippen LogP contribution in [-0.2, 0) is 19.7 Å². The molecule has 0 spiro atoms. The van der Waals surface area contributed by atoms with Gasteiger partial charge in [-0.25, -0.2) is 0 Å². The number of hydrogen-bond acceptors (Lipinski definition) is 2. The second-order valence-electron chi connectivity index (χ2n) is 3.24. The van der Waals surface area contributed by atoms with Gasteiger partial charge < -0.3 is 12.6 Å². The van der Waals surface area contributed by atoms with E-state index in [1.165, 1.54) is 5.56 Å². The lowest BCUT2D eigenvalue weighted by molar-refractivity contribution is -0.709. The van der Waals surface area contributed by atoms with E-state index in [1.54, 1.807) is 4.68 Å². The molecule has 3 nitrogen and oxygen atoms in total. The molecule has 0 atom stereocenters. The van der Waals surface area contributed by atoms with Gasteiger partial charge >= 0.3 is 0 Å². The van der Waals surface area contributed by atoms with Crippen molar-refractivity contribution in [2.75, 3.05) is 0 Å². The fraction of sp³-hybridized carbons (Fsp3) is 0.200.